The summed E-state index contributed by atoms with van der Waals surface area (Å²) < 4.78 is 5.35. The highest BCUT2D eigenvalue weighted by molar-refractivity contribution is 5.89. The van der Waals surface area contributed by atoms with Crippen LogP contribution in [-0.4, -0.2) is 25.2 Å². The lowest BCUT2D eigenvalue weighted by Gasteiger charge is -2.16. The minimum Gasteiger partial charge on any atom is -0.460 e. The van der Waals surface area contributed by atoms with Crippen molar-refractivity contribution in [2.45, 2.75) is 46.1 Å². The summed E-state index contributed by atoms with van der Waals surface area (Å²) in [5, 5.41) is 3.41. The Balaban J connectivity index is 2.37. The largest absolute Gasteiger partial charge is 0.460 e. The Morgan fingerprint density at radius 2 is 1.95 bits per heavy atom. The summed E-state index contributed by atoms with van der Waals surface area (Å²) in [5.41, 5.74) is 1.76. The van der Waals surface area contributed by atoms with Crippen LogP contribution in [-0.2, 0) is 4.74 Å². The number of rotatable bonds is 8. The molecule has 0 saturated carbocycles. The highest BCUT2D eigenvalue weighted by Crippen LogP contribution is 2.05. The summed E-state index contributed by atoms with van der Waals surface area (Å²) in [6, 6.07) is 7.72. The molecule has 0 radical (unpaired) electrons. The molecule has 106 valence electrons. The third-order valence-electron chi connectivity index (χ3n) is 3.16. The Morgan fingerprint density at radius 3 is 2.53 bits per heavy atom. The first kappa shape index (κ1) is 15.7. The van der Waals surface area contributed by atoms with E-state index in [0.717, 1.165) is 24.9 Å². The molecular weight excluding hydrogens is 238 g/mol. The van der Waals surface area contributed by atoms with E-state index >= 15 is 0 Å². The summed E-state index contributed by atoms with van der Waals surface area (Å²) >= 11 is 0. The summed E-state index contributed by atoms with van der Waals surface area (Å²) in [6.07, 6.45) is 3.29. The van der Waals surface area contributed by atoms with Gasteiger partial charge in [-0.25, -0.2) is 4.79 Å². The maximum Gasteiger partial charge on any atom is 0.338 e. The Kier molecular flexibility index (Phi) is 7.19. The molecule has 1 atom stereocenters. The first-order valence-corrected chi connectivity index (χ1v) is 7.14. The SMILES string of the molecule is CCCCNC(CC)COC(=O)c1ccc(C)cc1. The topological polar surface area (TPSA) is 38.3 Å². The van der Waals surface area contributed by atoms with Crippen LogP contribution in [0.5, 0.6) is 0 Å². The molecular formula is C16H25NO2. The maximum absolute atomic E-state index is 11.9. The number of carbonyl (C=O) groups is 1. The van der Waals surface area contributed by atoms with Gasteiger partial charge in [0.05, 0.1) is 5.56 Å². The number of esters is 1. The van der Waals surface area contributed by atoms with Gasteiger partial charge < -0.3 is 10.1 Å². The number of unbranched alkanes of at least 4 members (excludes halogenated alkanes) is 1. The maximum atomic E-state index is 11.9. The quantitative estimate of drug-likeness (QED) is 0.577. The van der Waals surface area contributed by atoms with E-state index in [1.54, 1.807) is 0 Å². The van der Waals surface area contributed by atoms with E-state index in [9.17, 15) is 4.79 Å². The average molecular weight is 263 g/mol. The minimum absolute atomic E-state index is 0.240. The van der Waals surface area contributed by atoms with Crippen molar-refractivity contribution in [1.82, 2.24) is 5.32 Å². The molecule has 19 heavy (non-hydrogen) atoms. The molecule has 1 N–H and O–H groups in total. The lowest BCUT2D eigenvalue weighted by molar-refractivity contribution is 0.0463. The molecule has 0 aliphatic rings. The van der Waals surface area contributed by atoms with Crippen molar-refractivity contribution in [3.8, 4) is 0 Å². The lowest BCUT2D eigenvalue weighted by atomic mass is 10.1. The molecule has 0 aliphatic carbocycles. The van der Waals surface area contributed by atoms with Crippen molar-refractivity contribution in [3.63, 3.8) is 0 Å². The van der Waals surface area contributed by atoms with Crippen molar-refractivity contribution in [2.24, 2.45) is 0 Å². The number of hydrogen-bond donors (Lipinski definition) is 1. The minimum atomic E-state index is -0.240. The van der Waals surface area contributed by atoms with Gasteiger partial charge in [0.1, 0.15) is 6.61 Å². The second kappa shape index (κ2) is 8.70. The smallest absolute Gasteiger partial charge is 0.338 e. The molecule has 0 spiro atoms. The molecule has 1 aromatic rings. The molecule has 0 saturated heterocycles. The average Bonchev–Trinajstić information content (AvgIpc) is 2.43. The van der Waals surface area contributed by atoms with E-state index in [0.29, 0.717) is 12.2 Å². The monoisotopic (exact) mass is 263 g/mol. The number of nitrogens with one attached hydrogen (secondary N) is 1. The van der Waals surface area contributed by atoms with Crippen LogP contribution >= 0.6 is 0 Å². The lowest BCUT2D eigenvalue weighted by Crippen LogP contribution is -2.34. The highest BCUT2D eigenvalue weighted by Gasteiger charge is 2.11. The van der Waals surface area contributed by atoms with Gasteiger partial charge in [0.2, 0.25) is 0 Å². The van der Waals surface area contributed by atoms with Gasteiger partial charge >= 0.3 is 5.97 Å². The zero-order valence-electron chi connectivity index (χ0n) is 12.2. The summed E-state index contributed by atoms with van der Waals surface area (Å²) in [7, 11) is 0. The second-order valence-corrected chi connectivity index (χ2v) is 4.88. The fourth-order valence-corrected chi connectivity index (χ4v) is 1.75. The van der Waals surface area contributed by atoms with Gasteiger partial charge in [0.15, 0.2) is 0 Å². The first-order valence-electron chi connectivity index (χ1n) is 7.14. The zero-order valence-corrected chi connectivity index (χ0v) is 12.2. The Labute approximate surface area is 116 Å². The summed E-state index contributed by atoms with van der Waals surface area (Å²) in [6.45, 7) is 7.69. The molecule has 1 rings (SSSR count). The first-order chi connectivity index (χ1) is 9.17. The van der Waals surface area contributed by atoms with Crippen LogP contribution in [0.1, 0.15) is 49.0 Å². The van der Waals surface area contributed by atoms with Crippen LogP contribution in [0, 0.1) is 6.92 Å². The van der Waals surface area contributed by atoms with Gasteiger partial charge in [-0.1, -0.05) is 38.0 Å². The number of hydrogen-bond acceptors (Lipinski definition) is 3. The predicted molar refractivity (Wildman–Crippen MR) is 78.5 cm³/mol. The van der Waals surface area contributed by atoms with Gasteiger partial charge in [-0.05, 0) is 38.4 Å². The molecule has 0 aliphatic heterocycles. The van der Waals surface area contributed by atoms with Crippen molar-refractivity contribution in [3.05, 3.63) is 35.4 Å². The molecule has 0 amide bonds. The van der Waals surface area contributed by atoms with Crippen LogP contribution in [0.25, 0.3) is 0 Å². The normalized spacial score (nSPS) is 12.2. The number of benzene rings is 1. The number of aryl methyl sites for hydroxylation is 1. The van der Waals surface area contributed by atoms with Gasteiger partial charge in [-0.15, -0.1) is 0 Å². The molecule has 0 fully saturated rings. The highest BCUT2D eigenvalue weighted by atomic mass is 16.5. The number of ether oxygens (including phenoxy) is 1. The van der Waals surface area contributed by atoms with E-state index in [1.165, 1.54) is 6.42 Å². The molecule has 1 aromatic carbocycles. The third kappa shape index (κ3) is 5.88. The third-order valence-corrected chi connectivity index (χ3v) is 3.16. The van der Waals surface area contributed by atoms with Gasteiger partial charge in [-0.3, -0.25) is 0 Å². The molecule has 1 unspecified atom stereocenters. The standard InChI is InChI=1S/C16H25NO2/c1-4-6-11-17-15(5-2)12-19-16(18)14-9-7-13(3)8-10-14/h7-10,15,17H,4-6,11-12H2,1-3H3. The van der Waals surface area contributed by atoms with E-state index in [-0.39, 0.29) is 12.0 Å². The van der Waals surface area contributed by atoms with Gasteiger partial charge in [-0.2, -0.15) is 0 Å². The van der Waals surface area contributed by atoms with E-state index < -0.39 is 0 Å². The molecule has 3 nitrogen and oxygen atoms in total. The van der Waals surface area contributed by atoms with E-state index in [2.05, 4.69) is 19.2 Å². The fourth-order valence-electron chi connectivity index (χ4n) is 1.75. The summed E-state index contributed by atoms with van der Waals surface area (Å²) in [5.74, 6) is -0.240. The molecule has 0 heterocycles. The van der Waals surface area contributed by atoms with Crippen LogP contribution < -0.4 is 5.32 Å². The van der Waals surface area contributed by atoms with Gasteiger partial charge in [0.25, 0.3) is 0 Å². The zero-order chi connectivity index (χ0) is 14.1. The molecule has 0 aromatic heterocycles. The second-order valence-electron chi connectivity index (χ2n) is 4.88. The fraction of sp³-hybridized carbons (Fsp3) is 0.562. The Morgan fingerprint density at radius 1 is 1.26 bits per heavy atom. The van der Waals surface area contributed by atoms with Crippen LogP contribution in [0.15, 0.2) is 24.3 Å². The predicted octanol–water partition coefficient (Wildman–Crippen LogP) is 3.32. The van der Waals surface area contributed by atoms with E-state index in [4.69, 9.17) is 4.74 Å². The van der Waals surface area contributed by atoms with Crippen LogP contribution in [0.3, 0.4) is 0 Å². The Bertz CT molecular complexity index is 373. The van der Waals surface area contributed by atoms with Crippen molar-refractivity contribution in [2.75, 3.05) is 13.2 Å². The van der Waals surface area contributed by atoms with Crippen molar-refractivity contribution >= 4 is 5.97 Å². The Hall–Kier alpha value is -1.35. The van der Waals surface area contributed by atoms with Crippen LogP contribution in [0.4, 0.5) is 0 Å². The number of carbonyl (C=O) groups excluding carboxylic acids is 1. The summed E-state index contributed by atoms with van der Waals surface area (Å²) in [4.78, 5) is 11.9. The van der Waals surface area contributed by atoms with Crippen molar-refractivity contribution in [1.29, 1.82) is 0 Å². The van der Waals surface area contributed by atoms with Crippen LogP contribution in [0.2, 0.25) is 0 Å². The molecule has 3 heteroatoms. The van der Waals surface area contributed by atoms with Gasteiger partial charge in [0, 0.05) is 6.04 Å². The van der Waals surface area contributed by atoms with E-state index in [1.807, 2.05) is 31.2 Å². The molecule has 0 bridgehead atoms. The van der Waals surface area contributed by atoms with Crippen molar-refractivity contribution < 1.29 is 9.53 Å².